The molecule has 0 aliphatic rings. The Morgan fingerprint density at radius 3 is 2.67 bits per heavy atom. The van der Waals surface area contributed by atoms with Crippen molar-refractivity contribution in [3.8, 4) is 5.69 Å². The molecular weight excluding hydrogens is 398 g/mol. The molecule has 0 spiro atoms. The molecular formula is C22H23N5O2S. The number of aryl methyl sites for hydroxylation is 3. The first-order valence-electron chi connectivity index (χ1n) is 9.77. The van der Waals surface area contributed by atoms with E-state index in [9.17, 15) is 9.59 Å². The summed E-state index contributed by atoms with van der Waals surface area (Å²) in [6.07, 6.45) is 7.11. The number of carbonyl (C=O) groups is 1. The van der Waals surface area contributed by atoms with E-state index in [1.54, 1.807) is 12.5 Å². The standard InChI is InChI=1S/C22H23N5O2S/c1-14-16(3)30-21-20(14)22(29)27(13-24-21)10-8-19(28)25-15(2)17-4-6-18(7-5-17)26-11-9-23-12-26/h4-7,9,11-13,15H,8,10H2,1-3H3,(H,25,28)/t15-/m1/s1. The smallest absolute Gasteiger partial charge is 0.262 e. The zero-order chi connectivity index (χ0) is 21.3. The first-order chi connectivity index (χ1) is 14.4. The van der Waals surface area contributed by atoms with Crippen LogP contribution in [0, 0.1) is 13.8 Å². The predicted octanol–water partition coefficient (Wildman–Crippen LogP) is 3.53. The van der Waals surface area contributed by atoms with E-state index in [2.05, 4.69) is 15.3 Å². The normalized spacial score (nSPS) is 12.2. The molecule has 0 fully saturated rings. The van der Waals surface area contributed by atoms with E-state index in [0.29, 0.717) is 11.9 Å². The fraction of sp³-hybridized carbons (Fsp3) is 0.273. The summed E-state index contributed by atoms with van der Waals surface area (Å²) in [6, 6.07) is 7.83. The molecule has 1 aromatic carbocycles. The third kappa shape index (κ3) is 3.91. The quantitative estimate of drug-likeness (QED) is 0.516. The van der Waals surface area contributed by atoms with Gasteiger partial charge < -0.3 is 9.88 Å². The number of amides is 1. The zero-order valence-corrected chi connectivity index (χ0v) is 17.9. The lowest BCUT2D eigenvalue weighted by Gasteiger charge is -2.15. The Labute approximate surface area is 178 Å². The van der Waals surface area contributed by atoms with E-state index in [0.717, 1.165) is 26.5 Å². The highest BCUT2D eigenvalue weighted by Crippen LogP contribution is 2.25. The summed E-state index contributed by atoms with van der Waals surface area (Å²) < 4.78 is 3.44. The predicted molar refractivity (Wildman–Crippen MR) is 118 cm³/mol. The van der Waals surface area contributed by atoms with Crippen LogP contribution in [-0.4, -0.2) is 25.0 Å². The van der Waals surface area contributed by atoms with Crippen LogP contribution in [0.1, 0.15) is 35.4 Å². The first-order valence-corrected chi connectivity index (χ1v) is 10.6. The Hall–Kier alpha value is -3.26. The molecule has 3 heterocycles. The molecule has 0 bridgehead atoms. The van der Waals surface area contributed by atoms with Gasteiger partial charge in [-0.1, -0.05) is 12.1 Å². The van der Waals surface area contributed by atoms with E-state index >= 15 is 0 Å². The van der Waals surface area contributed by atoms with Crippen LogP contribution < -0.4 is 10.9 Å². The second-order valence-electron chi connectivity index (χ2n) is 7.31. The number of nitrogens with zero attached hydrogens (tertiary/aromatic N) is 4. The van der Waals surface area contributed by atoms with Crippen LogP contribution in [0.2, 0.25) is 0 Å². The van der Waals surface area contributed by atoms with Gasteiger partial charge in [0.25, 0.3) is 5.56 Å². The summed E-state index contributed by atoms with van der Waals surface area (Å²) in [5.41, 5.74) is 2.91. The van der Waals surface area contributed by atoms with Gasteiger partial charge in [0.1, 0.15) is 4.83 Å². The summed E-state index contributed by atoms with van der Waals surface area (Å²) in [5, 5.41) is 3.66. The molecule has 30 heavy (non-hydrogen) atoms. The Kier molecular flexibility index (Phi) is 5.50. The van der Waals surface area contributed by atoms with Crippen molar-refractivity contribution < 1.29 is 4.79 Å². The minimum absolute atomic E-state index is 0.0854. The van der Waals surface area contributed by atoms with E-state index in [4.69, 9.17) is 0 Å². The number of thiophene rings is 1. The van der Waals surface area contributed by atoms with Crippen LogP contribution in [0.3, 0.4) is 0 Å². The number of nitrogens with one attached hydrogen (secondary N) is 1. The number of imidazole rings is 1. The molecule has 1 N–H and O–H groups in total. The lowest BCUT2D eigenvalue weighted by molar-refractivity contribution is -0.121. The summed E-state index contributed by atoms with van der Waals surface area (Å²) in [7, 11) is 0. The number of benzene rings is 1. The Bertz CT molecular complexity index is 1240. The van der Waals surface area contributed by atoms with E-state index in [-0.39, 0.29) is 23.9 Å². The Morgan fingerprint density at radius 1 is 1.20 bits per heavy atom. The van der Waals surface area contributed by atoms with E-state index in [1.165, 1.54) is 22.2 Å². The Balaban J connectivity index is 1.39. The number of rotatable bonds is 6. The fourth-order valence-corrected chi connectivity index (χ4v) is 4.38. The monoisotopic (exact) mass is 421 g/mol. The second-order valence-corrected chi connectivity index (χ2v) is 8.51. The summed E-state index contributed by atoms with van der Waals surface area (Å²) in [5.74, 6) is -0.105. The number of carbonyl (C=O) groups excluding carboxylic acids is 1. The lowest BCUT2D eigenvalue weighted by atomic mass is 10.1. The van der Waals surface area contributed by atoms with Crippen molar-refractivity contribution in [2.24, 2.45) is 0 Å². The maximum Gasteiger partial charge on any atom is 0.262 e. The summed E-state index contributed by atoms with van der Waals surface area (Å²) in [4.78, 5) is 35.5. The molecule has 0 aliphatic carbocycles. The van der Waals surface area contributed by atoms with Crippen molar-refractivity contribution in [3.05, 3.63) is 75.7 Å². The molecule has 154 valence electrons. The van der Waals surface area contributed by atoms with Gasteiger partial charge in [-0.3, -0.25) is 14.2 Å². The van der Waals surface area contributed by atoms with Crippen LogP contribution in [0.4, 0.5) is 0 Å². The minimum atomic E-state index is -0.131. The number of hydrogen-bond donors (Lipinski definition) is 1. The maximum atomic E-state index is 12.7. The van der Waals surface area contributed by atoms with Gasteiger partial charge >= 0.3 is 0 Å². The topological polar surface area (TPSA) is 81.8 Å². The highest BCUT2D eigenvalue weighted by atomic mass is 32.1. The highest BCUT2D eigenvalue weighted by molar-refractivity contribution is 7.18. The van der Waals surface area contributed by atoms with Crippen LogP contribution in [0.25, 0.3) is 15.9 Å². The molecule has 3 aromatic heterocycles. The van der Waals surface area contributed by atoms with E-state index < -0.39 is 0 Å². The average molecular weight is 422 g/mol. The molecule has 1 atom stereocenters. The van der Waals surface area contributed by atoms with Gasteiger partial charge in [0, 0.05) is 35.9 Å². The third-order valence-electron chi connectivity index (χ3n) is 5.31. The van der Waals surface area contributed by atoms with Gasteiger partial charge in [-0.2, -0.15) is 0 Å². The Morgan fingerprint density at radius 2 is 1.97 bits per heavy atom. The molecule has 1 amide bonds. The number of aromatic nitrogens is 4. The van der Waals surface area contributed by atoms with Crippen molar-refractivity contribution >= 4 is 27.5 Å². The largest absolute Gasteiger partial charge is 0.350 e. The van der Waals surface area contributed by atoms with Crippen LogP contribution >= 0.6 is 11.3 Å². The van der Waals surface area contributed by atoms with Crippen LogP contribution in [-0.2, 0) is 11.3 Å². The number of fused-ring (bicyclic) bond motifs is 1. The molecule has 4 rings (SSSR count). The maximum absolute atomic E-state index is 12.7. The molecule has 4 aromatic rings. The molecule has 0 unspecified atom stereocenters. The SMILES string of the molecule is Cc1sc2ncn(CCC(=O)N[C@H](C)c3ccc(-n4ccnc4)cc3)c(=O)c2c1C. The zero-order valence-electron chi connectivity index (χ0n) is 17.1. The summed E-state index contributed by atoms with van der Waals surface area (Å²) in [6.45, 7) is 6.17. The van der Waals surface area contributed by atoms with Gasteiger partial charge in [0.15, 0.2) is 0 Å². The van der Waals surface area contributed by atoms with Crippen molar-refractivity contribution in [3.63, 3.8) is 0 Å². The number of hydrogen-bond acceptors (Lipinski definition) is 5. The highest BCUT2D eigenvalue weighted by Gasteiger charge is 2.14. The van der Waals surface area contributed by atoms with Gasteiger partial charge in [0.2, 0.25) is 5.91 Å². The van der Waals surface area contributed by atoms with Crippen molar-refractivity contribution in [2.45, 2.75) is 39.8 Å². The second kappa shape index (κ2) is 8.23. The average Bonchev–Trinajstić information content (AvgIpc) is 3.37. The third-order valence-corrected chi connectivity index (χ3v) is 6.42. The molecule has 0 radical (unpaired) electrons. The molecule has 0 saturated heterocycles. The van der Waals surface area contributed by atoms with Crippen molar-refractivity contribution in [1.82, 2.24) is 24.4 Å². The molecule has 7 nitrogen and oxygen atoms in total. The minimum Gasteiger partial charge on any atom is -0.350 e. The van der Waals surface area contributed by atoms with Crippen molar-refractivity contribution in [2.75, 3.05) is 0 Å². The molecule has 0 aliphatic heterocycles. The fourth-order valence-electron chi connectivity index (χ4n) is 3.40. The van der Waals surface area contributed by atoms with E-state index in [1.807, 2.05) is 55.8 Å². The molecule has 0 saturated carbocycles. The van der Waals surface area contributed by atoms with Gasteiger partial charge in [-0.25, -0.2) is 9.97 Å². The van der Waals surface area contributed by atoms with Gasteiger partial charge in [0.05, 0.1) is 24.1 Å². The first kappa shape index (κ1) is 20.0. The van der Waals surface area contributed by atoms with Crippen molar-refractivity contribution in [1.29, 1.82) is 0 Å². The van der Waals surface area contributed by atoms with Gasteiger partial charge in [-0.15, -0.1) is 11.3 Å². The van der Waals surface area contributed by atoms with Gasteiger partial charge in [-0.05, 0) is 44.0 Å². The van der Waals surface area contributed by atoms with Crippen LogP contribution in [0.5, 0.6) is 0 Å². The molecule has 8 heteroatoms. The summed E-state index contributed by atoms with van der Waals surface area (Å²) >= 11 is 1.52. The van der Waals surface area contributed by atoms with Crippen LogP contribution in [0.15, 0.2) is 54.1 Å². The lowest BCUT2D eigenvalue weighted by Crippen LogP contribution is -2.29.